The van der Waals surface area contributed by atoms with Crippen molar-refractivity contribution in [3.8, 4) is 0 Å². The van der Waals surface area contributed by atoms with Crippen LogP contribution in [0.2, 0.25) is 0 Å². The second-order valence-electron chi connectivity index (χ2n) is 6.02. The highest BCUT2D eigenvalue weighted by Gasteiger charge is 2.53. The van der Waals surface area contributed by atoms with Gasteiger partial charge in [-0.2, -0.15) is 0 Å². The van der Waals surface area contributed by atoms with Gasteiger partial charge in [0.25, 0.3) is 0 Å². The molecule has 6 heteroatoms. The van der Waals surface area contributed by atoms with Crippen molar-refractivity contribution in [3.05, 3.63) is 12.7 Å². The molecule has 0 aliphatic carbocycles. The van der Waals surface area contributed by atoms with Crippen molar-refractivity contribution in [2.75, 3.05) is 7.11 Å². The molecule has 2 amide bonds. The van der Waals surface area contributed by atoms with Gasteiger partial charge in [-0.25, -0.2) is 14.5 Å². The molecule has 0 N–H and O–H groups in total. The molecule has 1 fully saturated rings. The first-order valence-electron chi connectivity index (χ1n) is 6.34. The number of carbonyl (C=O) groups is 3. The number of imide groups is 1. The molecular formula is C14H21NO5. The Kier molecular flexibility index (Phi) is 4.27. The minimum Gasteiger partial charge on any atom is -0.467 e. The maximum absolute atomic E-state index is 12.4. The fourth-order valence-electron chi connectivity index (χ4n) is 2.01. The minimum atomic E-state index is -0.981. The van der Waals surface area contributed by atoms with E-state index >= 15 is 0 Å². The molecule has 1 saturated heterocycles. The predicted molar refractivity (Wildman–Crippen MR) is 71.8 cm³/mol. The van der Waals surface area contributed by atoms with Crippen LogP contribution < -0.4 is 0 Å². The standard InChI is InChI=1S/C14H21NO5/c1-7-14(5)8-9(10(16)19-6)15(11(14)17)12(18)20-13(2,3)4/h7,9H,1,8H2,2-6H3. The van der Waals surface area contributed by atoms with Gasteiger partial charge in [0, 0.05) is 0 Å². The molecule has 1 aliphatic heterocycles. The van der Waals surface area contributed by atoms with Gasteiger partial charge in [0.05, 0.1) is 12.5 Å². The Morgan fingerprint density at radius 3 is 2.40 bits per heavy atom. The van der Waals surface area contributed by atoms with Crippen LogP contribution in [0.5, 0.6) is 0 Å². The predicted octanol–water partition coefficient (Wildman–Crippen LogP) is 1.89. The lowest BCUT2D eigenvalue weighted by Crippen LogP contribution is -2.46. The largest absolute Gasteiger partial charge is 0.467 e. The average Bonchev–Trinajstić information content (AvgIpc) is 2.60. The summed E-state index contributed by atoms with van der Waals surface area (Å²) in [6.45, 7) is 10.3. The van der Waals surface area contributed by atoms with Crippen LogP contribution in [0, 0.1) is 5.41 Å². The SMILES string of the molecule is C=CC1(C)CC(C(=O)OC)N(C(=O)OC(C)(C)C)C1=O. The van der Waals surface area contributed by atoms with E-state index in [0.717, 1.165) is 4.90 Å². The van der Waals surface area contributed by atoms with Gasteiger partial charge in [0.15, 0.2) is 0 Å². The van der Waals surface area contributed by atoms with E-state index in [1.54, 1.807) is 27.7 Å². The topological polar surface area (TPSA) is 72.9 Å². The van der Waals surface area contributed by atoms with Gasteiger partial charge in [-0.3, -0.25) is 4.79 Å². The van der Waals surface area contributed by atoms with Crippen LogP contribution in [0.25, 0.3) is 0 Å². The summed E-state index contributed by atoms with van der Waals surface area (Å²) >= 11 is 0. The molecule has 2 atom stereocenters. The van der Waals surface area contributed by atoms with Gasteiger partial charge >= 0.3 is 12.1 Å². The monoisotopic (exact) mass is 283 g/mol. The molecule has 0 aromatic carbocycles. The van der Waals surface area contributed by atoms with E-state index < -0.39 is 35.0 Å². The molecule has 0 bridgehead atoms. The number of rotatable bonds is 2. The summed E-state index contributed by atoms with van der Waals surface area (Å²) in [5.74, 6) is -1.15. The molecule has 20 heavy (non-hydrogen) atoms. The van der Waals surface area contributed by atoms with Gasteiger partial charge in [-0.1, -0.05) is 6.08 Å². The highest BCUT2D eigenvalue weighted by atomic mass is 16.6. The summed E-state index contributed by atoms with van der Waals surface area (Å²) in [6.07, 6.45) is 0.736. The third-order valence-corrected chi connectivity index (χ3v) is 3.15. The van der Waals surface area contributed by atoms with E-state index in [0.29, 0.717) is 0 Å². The molecule has 0 aromatic heterocycles. The van der Waals surface area contributed by atoms with Gasteiger partial charge in [0.1, 0.15) is 11.6 Å². The number of amides is 2. The number of likely N-dealkylation sites (tertiary alicyclic amines) is 1. The van der Waals surface area contributed by atoms with Gasteiger partial charge in [-0.15, -0.1) is 6.58 Å². The fourth-order valence-corrected chi connectivity index (χ4v) is 2.01. The van der Waals surface area contributed by atoms with Crippen molar-refractivity contribution >= 4 is 18.0 Å². The molecule has 2 unspecified atom stereocenters. The van der Waals surface area contributed by atoms with E-state index in [4.69, 9.17) is 4.74 Å². The van der Waals surface area contributed by atoms with Gasteiger partial charge < -0.3 is 9.47 Å². The summed E-state index contributed by atoms with van der Waals surface area (Å²) in [5.41, 5.74) is -1.74. The van der Waals surface area contributed by atoms with E-state index in [1.165, 1.54) is 13.2 Å². The molecule has 0 aromatic rings. The maximum Gasteiger partial charge on any atom is 0.417 e. The van der Waals surface area contributed by atoms with Crippen molar-refractivity contribution in [3.63, 3.8) is 0 Å². The molecule has 1 aliphatic rings. The number of carbonyl (C=O) groups excluding carboxylic acids is 3. The van der Waals surface area contributed by atoms with Gasteiger partial charge in [-0.05, 0) is 34.1 Å². The Bertz CT molecular complexity index is 451. The smallest absolute Gasteiger partial charge is 0.417 e. The van der Waals surface area contributed by atoms with Crippen LogP contribution >= 0.6 is 0 Å². The quantitative estimate of drug-likeness (QED) is 0.571. The van der Waals surface area contributed by atoms with Crippen molar-refractivity contribution in [2.24, 2.45) is 5.41 Å². The Hall–Kier alpha value is -1.85. The number of nitrogens with zero attached hydrogens (tertiary/aromatic N) is 1. The summed E-state index contributed by atoms with van der Waals surface area (Å²) in [6, 6.07) is -0.981. The van der Waals surface area contributed by atoms with E-state index in [-0.39, 0.29) is 6.42 Å². The Morgan fingerprint density at radius 2 is 2.00 bits per heavy atom. The first-order chi connectivity index (χ1) is 9.05. The van der Waals surface area contributed by atoms with Crippen molar-refractivity contribution in [1.29, 1.82) is 0 Å². The molecule has 0 saturated carbocycles. The lowest BCUT2D eigenvalue weighted by atomic mass is 9.87. The molecule has 1 heterocycles. The molecule has 112 valence electrons. The van der Waals surface area contributed by atoms with Crippen LogP contribution in [-0.4, -0.2) is 41.6 Å². The fraction of sp³-hybridized carbons (Fsp3) is 0.643. The van der Waals surface area contributed by atoms with Crippen molar-refractivity contribution < 1.29 is 23.9 Å². The third-order valence-electron chi connectivity index (χ3n) is 3.15. The average molecular weight is 283 g/mol. The van der Waals surface area contributed by atoms with Crippen LogP contribution in [0.3, 0.4) is 0 Å². The molecule has 0 spiro atoms. The highest BCUT2D eigenvalue weighted by Crippen LogP contribution is 2.38. The summed E-state index contributed by atoms with van der Waals surface area (Å²) in [5, 5.41) is 0. The minimum absolute atomic E-state index is 0.140. The van der Waals surface area contributed by atoms with Crippen LogP contribution in [-0.2, 0) is 19.1 Å². The zero-order valence-corrected chi connectivity index (χ0v) is 12.6. The number of esters is 1. The number of hydrogen-bond acceptors (Lipinski definition) is 5. The van der Waals surface area contributed by atoms with E-state index in [1.807, 2.05) is 0 Å². The van der Waals surface area contributed by atoms with Crippen molar-refractivity contribution in [1.82, 2.24) is 4.90 Å². The number of methoxy groups -OCH3 is 1. The summed E-state index contributed by atoms with van der Waals surface area (Å²) in [7, 11) is 1.21. The Labute approximate surface area is 118 Å². The van der Waals surface area contributed by atoms with E-state index in [9.17, 15) is 14.4 Å². The lowest BCUT2D eigenvalue weighted by molar-refractivity contribution is -0.149. The molecular weight excluding hydrogens is 262 g/mol. The van der Waals surface area contributed by atoms with Crippen LogP contribution in [0.1, 0.15) is 34.1 Å². The number of ether oxygens (including phenoxy) is 2. The van der Waals surface area contributed by atoms with E-state index in [2.05, 4.69) is 11.3 Å². The third kappa shape index (κ3) is 3.00. The van der Waals surface area contributed by atoms with Crippen molar-refractivity contribution in [2.45, 2.75) is 45.8 Å². The molecule has 6 nitrogen and oxygen atoms in total. The van der Waals surface area contributed by atoms with Crippen LogP contribution in [0.15, 0.2) is 12.7 Å². The summed E-state index contributed by atoms with van der Waals surface area (Å²) in [4.78, 5) is 37.1. The van der Waals surface area contributed by atoms with Crippen LogP contribution in [0.4, 0.5) is 4.79 Å². The zero-order valence-electron chi connectivity index (χ0n) is 12.6. The second kappa shape index (κ2) is 5.26. The summed E-state index contributed by atoms with van der Waals surface area (Å²) < 4.78 is 9.83. The Morgan fingerprint density at radius 1 is 1.45 bits per heavy atom. The highest BCUT2D eigenvalue weighted by molar-refractivity contribution is 6.03. The first-order valence-corrected chi connectivity index (χ1v) is 6.34. The van der Waals surface area contributed by atoms with Gasteiger partial charge in [0.2, 0.25) is 5.91 Å². The number of hydrogen-bond donors (Lipinski definition) is 0. The first kappa shape index (κ1) is 16.2. The zero-order chi connectivity index (χ0) is 15.7. The Balaban J connectivity index is 3.11. The molecule has 0 radical (unpaired) electrons. The second-order valence-corrected chi connectivity index (χ2v) is 6.02. The molecule has 1 rings (SSSR count). The normalized spacial score (nSPS) is 26.4. The maximum atomic E-state index is 12.4. The lowest BCUT2D eigenvalue weighted by Gasteiger charge is -2.26.